The van der Waals surface area contributed by atoms with Crippen LogP contribution in [0.25, 0.3) is 22.1 Å². The Kier molecular flexibility index (Phi) is 26.3. The topological polar surface area (TPSA) is 290 Å². The maximum absolute atomic E-state index is 14.4. The number of ether oxygens (including phenoxy) is 2. The first-order valence-corrected chi connectivity index (χ1v) is 41.5. The predicted molar refractivity (Wildman–Crippen MR) is 408 cm³/mol. The Morgan fingerprint density at radius 3 is 1.41 bits per heavy atom. The summed E-state index contributed by atoms with van der Waals surface area (Å²) in [7, 11) is -7.15. The molecular formula is C82H108F2N8O13S2. The number of aliphatic carboxylic acids is 1. The van der Waals surface area contributed by atoms with E-state index in [9.17, 15) is 59.5 Å². The van der Waals surface area contributed by atoms with Gasteiger partial charge in [-0.2, -0.15) is 9.97 Å². The average Bonchev–Trinajstić information content (AvgIpc) is 1.57. The molecule has 107 heavy (non-hydrogen) atoms. The fourth-order valence-corrected chi connectivity index (χ4v) is 17.1. The van der Waals surface area contributed by atoms with Crippen LogP contribution >= 0.6 is 0 Å². The molecule has 0 radical (unpaired) electrons. The molecule has 3 amide bonds. The molecule has 4 aromatic carbocycles. The number of amides is 3. The monoisotopic (exact) mass is 1510 g/mol. The third-order valence-electron chi connectivity index (χ3n) is 22.6. The molecule has 6 aliphatic rings. The third kappa shape index (κ3) is 19.8. The largest absolute Gasteiger partial charge is 0.481 e. The molecule has 6 fully saturated rings. The minimum atomic E-state index is -3.92. The van der Waals surface area contributed by atoms with E-state index in [0.29, 0.717) is 74.8 Å². The van der Waals surface area contributed by atoms with Crippen molar-refractivity contribution in [1.29, 1.82) is 0 Å². The summed E-state index contributed by atoms with van der Waals surface area (Å²) in [6.45, 7) is 16.8. The number of ketones is 2. The van der Waals surface area contributed by atoms with Gasteiger partial charge >= 0.3 is 5.97 Å². The number of benzene rings is 4. The zero-order valence-corrected chi connectivity index (χ0v) is 65.0. The van der Waals surface area contributed by atoms with Gasteiger partial charge in [-0.3, -0.25) is 42.6 Å². The molecule has 2 saturated heterocycles. The van der Waals surface area contributed by atoms with Crippen molar-refractivity contribution < 1.29 is 69.0 Å². The van der Waals surface area contributed by atoms with Crippen molar-refractivity contribution in [3.8, 4) is 12.0 Å². The number of primary sulfonamides is 1. The number of nitrogens with two attached hydrogens (primary N) is 1. The second-order valence-corrected chi connectivity index (χ2v) is 35.3. The molecule has 4 N–H and O–H groups in total. The van der Waals surface area contributed by atoms with Crippen LogP contribution in [0.15, 0.2) is 109 Å². The average molecular weight is 1520 g/mol. The molecule has 0 bridgehead atoms. The quantitative estimate of drug-likeness (QED) is 0.0246. The van der Waals surface area contributed by atoms with Gasteiger partial charge in [0.05, 0.1) is 67.6 Å². The minimum Gasteiger partial charge on any atom is -0.481 e. The molecule has 0 spiro atoms. The Bertz CT molecular complexity index is 4490. The molecule has 2 aliphatic heterocycles. The van der Waals surface area contributed by atoms with E-state index in [1.807, 2.05) is 102 Å². The number of hydrogen-bond acceptors (Lipinski definition) is 14. The summed E-state index contributed by atoms with van der Waals surface area (Å²) in [6.07, 6.45) is 21.7. The second kappa shape index (κ2) is 34.6. The highest BCUT2D eigenvalue weighted by Crippen LogP contribution is 2.59. The van der Waals surface area contributed by atoms with Crippen LogP contribution in [0, 0.1) is 48.1 Å². The highest BCUT2D eigenvalue weighted by atomic mass is 32.2. The standard InChI is InChI=1S/C41H53FN4O6S.C37H46FN3O5.C4H9NO2S/c1-5-7-8-9-10-11-14-30-25-41(30,38(49)44-53(50,51)40(4)19-20-40)26-36(47)35-24-32(52-39-43-33-15-12-13-16-34(33)45(39)6-2)27-46(35)37(48)18-17-29-21-28(3)22-31(42)23-29;1-4-6-7-8-9-10-13-27-22-37(27,35(44)45)23-33(42)32-21-29(46-36-39-30-14-11-12-15-31(30)40(36)5-2)24-41(32)34(43)17-16-26-18-25(3)19-28(38)20-26;1-4(2-3-4)8(5,6)7/h11-16,21-23,30,32,35H,5-10,17-20,24-27H2,1-4H3,(H,44,49);10-15,18-20,27,29,32H,4-9,16-17,21-24H2,1-3H3,(H,44,45);2-3H2,1H3,(H2,5,6,7)/b14-11-;13-10-;/t30-,32-,35+,41-;27-,29-,32+,37-;/m11./s1. The molecule has 580 valence electrons. The van der Waals surface area contributed by atoms with Crippen LogP contribution < -0.4 is 19.3 Å². The highest BCUT2D eigenvalue weighted by molar-refractivity contribution is 7.91. The number of unbranched alkanes of at least 4 members (excludes halogenated alkanes) is 8. The number of halogens is 2. The molecule has 12 rings (SSSR count). The summed E-state index contributed by atoms with van der Waals surface area (Å²) < 4.78 is 93.0. The van der Waals surface area contributed by atoms with E-state index >= 15 is 0 Å². The van der Waals surface area contributed by atoms with E-state index < -0.39 is 76.5 Å². The van der Waals surface area contributed by atoms with Crippen LogP contribution in [0.5, 0.6) is 12.0 Å². The van der Waals surface area contributed by atoms with E-state index in [1.165, 1.54) is 35.6 Å². The van der Waals surface area contributed by atoms with Crippen LogP contribution in [-0.4, -0.2) is 133 Å². The summed E-state index contributed by atoms with van der Waals surface area (Å²) in [4.78, 5) is 94.8. The molecule has 6 aromatic rings. The van der Waals surface area contributed by atoms with Crippen LogP contribution in [0.1, 0.15) is 205 Å². The second-order valence-electron chi connectivity index (χ2n) is 31.1. The summed E-state index contributed by atoms with van der Waals surface area (Å²) >= 11 is 0. The maximum Gasteiger partial charge on any atom is 0.310 e. The Morgan fingerprint density at radius 2 is 1.02 bits per heavy atom. The van der Waals surface area contributed by atoms with E-state index in [1.54, 1.807) is 32.6 Å². The smallest absolute Gasteiger partial charge is 0.310 e. The predicted octanol–water partition coefficient (Wildman–Crippen LogP) is 13.9. The molecule has 21 nitrogen and oxygen atoms in total. The third-order valence-corrected chi connectivity index (χ3v) is 26.5. The number of nitrogens with zero attached hydrogens (tertiary/aromatic N) is 6. The number of para-hydroxylation sites is 4. The fraction of sp³-hybridized carbons (Fsp3) is 0.561. The van der Waals surface area contributed by atoms with Crippen molar-refractivity contribution >= 4 is 77.4 Å². The molecule has 4 saturated carbocycles. The molecular weight excluding hydrogens is 1410 g/mol. The van der Waals surface area contributed by atoms with Crippen molar-refractivity contribution in [2.75, 3.05) is 13.1 Å². The first-order valence-electron chi connectivity index (χ1n) is 38.5. The summed E-state index contributed by atoms with van der Waals surface area (Å²) in [5.41, 5.74) is 3.98. The lowest BCUT2D eigenvalue weighted by molar-refractivity contribution is -0.147. The lowest BCUT2D eigenvalue weighted by Gasteiger charge is -2.25. The SMILES string of the molecule is CC1(S(N)(=O)=O)CC1.CCCCCC/C=C\[C@@H]1C[C@]1(CC(=O)[C@@H]1C[C@@H](Oc2nc3ccccc3n2CC)CN1C(=O)CCc1cc(C)cc(F)c1)C(=O)NS(=O)(=O)C1(C)CC1.CCCCCC/C=C\[C@@H]1C[C@]1(CC(=O)[C@@H]1C[C@@H](Oc2nc3ccccc3n2CC)CN1C(=O)CCc1cc(C)cc(F)c1)C(=O)O. The van der Waals surface area contributed by atoms with Gasteiger partial charge in [0.25, 0.3) is 12.0 Å². The number of nitrogens with one attached hydrogen (secondary N) is 1. The number of hydrogen-bond donors (Lipinski definition) is 3. The number of sulfonamides is 2. The van der Waals surface area contributed by atoms with Crippen molar-refractivity contribution in [3.63, 3.8) is 0 Å². The molecule has 0 unspecified atom stereocenters. The van der Waals surface area contributed by atoms with Gasteiger partial charge in [0, 0.05) is 51.6 Å². The van der Waals surface area contributed by atoms with Crippen LogP contribution in [0.4, 0.5) is 8.78 Å². The first kappa shape index (κ1) is 81.4. The van der Waals surface area contributed by atoms with Crippen molar-refractivity contribution in [2.45, 2.75) is 256 Å². The van der Waals surface area contributed by atoms with Gasteiger partial charge in [0.1, 0.15) is 23.8 Å². The fourth-order valence-electron chi connectivity index (χ4n) is 15.1. The number of Topliss-reactive ketones (excluding diaryl/α,β-unsaturated/α-hetero) is 2. The van der Waals surface area contributed by atoms with Crippen LogP contribution in [-0.2, 0) is 74.7 Å². The number of carboxylic acids is 1. The molecule has 2 aromatic heterocycles. The summed E-state index contributed by atoms with van der Waals surface area (Å²) in [5, 5.41) is 15.1. The van der Waals surface area contributed by atoms with E-state index in [-0.39, 0.29) is 98.5 Å². The number of imidazole rings is 2. The normalized spacial score (nSPS) is 23.2. The molecule has 25 heteroatoms. The molecule has 8 atom stereocenters. The van der Waals surface area contributed by atoms with Crippen LogP contribution in [0.2, 0.25) is 0 Å². The summed E-state index contributed by atoms with van der Waals surface area (Å²) in [5.74, 6) is -3.91. The number of carbonyl (C=O) groups excluding carboxylic acids is 5. The number of likely N-dealkylation sites (tertiary alicyclic amines) is 2. The molecule has 4 aliphatic carbocycles. The number of carboxylic acid groups (broad SMARTS) is 1. The van der Waals surface area contributed by atoms with Crippen molar-refractivity contribution in [1.82, 2.24) is 33.6 Å². The van der Waals surface area contributed by atoms with Crippen molar-refractivity contribution in [3.05, 3.63) is 143 Å². The lowest BCUT2D eigenvalue weighted by Crippen LogP contribution is -2.46. The van der Waals surface area contributed by atoms with E-state index in [2.05, 4.69) is 29.6 Å². The van der Waals surface area contributed by atoms with Gasteiger partial charge in [-0.15, -0.1) is 0 Å². The zero-order chi connectivity index (χ0) is 77.2. The Morgan fingerprint density at radius 1 is 0.598 bits per heavy atom. The first-order chi connectivity index (χ1) is 50.9. The number of aryl methyl sites for hydroxylation is 6. The zero-order valence-electron chi connectivity index (χ0n) is 63.3. The van der Waals surface area contributed by atoms with Gasteiger partial charge in [-0.1, -0.05) is 113 Å². The van der Waals surface area contributed by atoms with Gasteiger partial charge < -0.3 is 24.4 Å². The summed E-state index contributed by atoms with van der Waals surface area (Å²) in [6, 6.07) is 24.0. The van der Waals surface area contributed by atoms with Crippen LogP contribution in [0.3, 0.4) is 0 Å². The number of fused-ring (bicyclic) bond motifs is 2. The van der Waals surface area contributed by atoms with Gasteiger partial charge in [-0.25, -0.2) is 30.8 Å². The number of allylic oxidation sites excluding steroid dienone is 4. The Hall–Kier alpha value is -8.16. The van der Waals surface area contributed by atoms with E-state index in [0.717, 1.165) is 104 Å². The highest BCUT2D eigenvalue weighted by Gasteiger charge is 2.63. The number of rotatable bonds is 35. The van der Waals surface area contributed by atoms with Gasteiger partial charge in [0.15, 0.2) is 11.6 Å². The van der Waals surface area contributed by atoms with Gasteiger partial charge in [0.2, 0.25) is 37.8 Å². The minimum absolute atomic E-state index is 0.0543. The molecule has 4 heterocycles. The maximum atomic E-state index is 14.4. The van der Waals surface area contributed by atoms with Crippen molar-refractivity contribution in [2.24, 2.45) is 27.8 Å². The lowest BCUT2D eigenvalue weighted by atomic mass is 9.91. The van der Waals surface area contributed by atoms with Gasteiger partial charge in [-0.05, 0) is 201 Å². The van der Waals surface area contributed by atoms with E-state index in [4.69, 9.17) is 19.6 Å². The number of carbonyl (C=O) groups is 6. The Labute approximate surface area is 629 Å². The Balaban J connectivity index is 0.000000208. The number of aromatic nitrogens is 4.